The van der Waals surface area contributed by atoms with Gasteiger partial charge in [0.25, 0.3) is 0 Å². The number of aryl methyl sites for hydroxylation is 1. The zero-order valence-electron chi connectivity index (χ0n) is 13.4. The van der Waals surface area contributed by atoms with Gasteiger partial charge in [-0.1, -0.05) is 18.2 Å². The lowest BCUT2D eigenvalue weighted by atomic mass is 9.90. The van der Waals surface area contributed by atoms with Crippen molar-refractivity contribution in [2.45, 2.75) is 57.7 Å². The van der Waals surface area contributed by atoms with Crippen LogP contribution in [0.25, 0.3) is 0 Å². The van der Waals surface area contributed by atoms with Gasteiger partial charge in [-0.25, -0.2) is 4.79 Å². The number of benzene rings is 1. The molecular weight excluding hydrogens is 305 g/mol. The largest absolute Gasteiger partial charge is 0.455 e. The number of esters is 1. The number of halogens is 3. The number of rotatable bonds is 4. The summed E-state index contributed by atoms with van der Waals surface area (Å²) in [5.41, 5.74) is 0.0264. The molecular formula is C18H21F3O2. The Morgan fingerprint density at radius 3 is 2.39 bits per heavy atom. The van der Waals surface area contributed by atoms with Gasteiger partial charge in [-0.2, -0.15) is 13.2 Å². The van der Waals surface area contributed by atoms with Gasteiger partial charge in [0, 0.05) is 12.0 Å². The van der Waals surface area contributed by atoms with Gasteiger partial charge in [0.15, 0.2) is 0 Å². The summed E-state index contributed by atoms with van der Waals surface area (Å²) < 4.78 is 44.5. The fourth-order valence-electron chi connectivity index (χ4n) is 3.12. The van der Waals surface area contributed by atoms with Gasteiger partial charge in [-0.05, 0) is 57.2 Å². The van der Waals surface area contributed by atoms with Gasteiger partial charge >= 0.3 is 12.1 Å². The second-order valence-corrected chi connectivity index (χ2v) is 6.44. The second kappa shape index (κ2) is 6.38. The summed E-state index contributed by atoms with van der Waals surface area (Å²) in [6.45, 7) is 6.78. The molecule has 2 nitrogen and oxygen atoms in total. The molecule has 0 N–H and O–H groups in total. The van der Waals surface area contributed by atoms with Crippen molar-refractivity contribution in [1.82, 2.24) is 0 Å². The third kappa shape index (κ3) is 4.36. The second-order valence-electron chi connectivity index (χ2n) is 6.44. The van der Waals surface area contributed by atoms with Gasteiger partial charge in [-0.15, -0.1) is 0 Å². The lowest BCUT2D eigenvalue weighted by Crippen LogP contribution is -2.34. The maximum absolute atomic E-state index is 13.0. The zero-order valence-corrected chi connectivity index (χ0v) is 13.4. The maximum atomic E-state index is 13.0. The molecule has 0 unspecified atom stereocenters. The summed E-state index contributed by atoms with van der Waals surface area (Å²) in [6, 6.07) is 4.01. The Morgan fingerprint density at radius 2 is 1.87 bits per heavy atom. The summed E-state index contributed by atoms with van der Waals surface area (Å²) in [4.78, 5) is 11.9. The molecule has 1 aliphatic carbocycles. The molecule has 1 aliphatic rings. The summed E-state index contributed by atoms with van der Waals surface area (Å²) >= 11 is 0. The van der Waals surface area contributed by atoms with Crippen molar-refractivity contribution in [1.29, 1.82) is 0 Å². The highest BCUT2D eigenvalue weighted by atomic mass is 19.4. The summed E-state index contributed by atoms with van der Waals surface area (Å²) in [7, 11) is 0. The standard InChI is InChI=1S/C18H21F3O2/c1-12(2)16(22)23-17(6-4-5-7-17)11-14-8-13(3)9-15(10-14)18(19,20)21/h8-10H,1,4-7,11H2,2-3H3. The van der Waals surface area contributed by atoms with Crippen LogP contribution in [0.1, 0.15) is 49.3 Å². The van der Waals surface area contributed by atoms with Crippen LogP contribution in [0.3, 0.4) is 0 Å². The van der Waals surface area contributed by atoms with Gasteiger partial charge in [-0.3, -0.25) is 0 Å². The highest BCUT2D eigenvalue weighted by Gasteiger charge is 2.39. The van der Waals surface area contributed by atoms with Crippen LogP contribution in [0.4, 0.5) is 13.2 Å². The Kier molecular flexibility index (Phi) is 4.87. The molecule has 126 valence electrons. The van der Waals surface area contributed by atoms with Crippen molar-refractivity contribution in [3.8, 4) is 0 Å². The van der Waals surface area contributed by atoms with E-state index in [1.807, 2.05) is 0 Å². The van der Waals surface area contributed by atoms with Crippen LogP contribution in [-0.2, 0) is 22.1 Å². The minimum Gasteiger partial charge on any atom is -0.455 e. The molecule has 0 aliphatic heterocycles. The van der Waals surface area contributed by atoms with E-state index < -0.39 is 23.3 Å². The Hall–Kier alpha value is -1.78. The van der Waals surface area contributed by atoms with Crippen molar-refractivity contribution in [2.75, 3.05) is 0 Å². The number of carbonyl (C=O) groups excluding carboxylic acids is 1. The van der Waals surface area contributed by atoms with Crippen molar-refractivity contribution in [2.24, 2.45) is 0 Å². The van der Waals surface area contributed by atoms with E-state index in [1.165, 1.54) is 0 Å². The molecule has 1 aromatic rings. The predicted molar refractivity (Wildman–Crippen MR) is 82.0 cm³/mol. The first kappa shape index (κ1) is 17.6. The Morgan fingerprint density at radius 1 is 1.26 bits per heavy atom. The maximum Gasteiger partial charge on any atom is 0.416 e. The topological polar surface area (TPSA) is 26.3 Å². The van der Waals surface area contributed by atoms with Crippen LogP contribution >= 0.6 is 0 Å². The van der Waals surface area contributed by atoms with E-state index in [1.54, 1.807) is 19.9 Å². The molecule has 1 aromatic carbocycles. The minimum absolute atomic E-state index is 0.302. The van der Waals surface area contributed by atoms with E-state index >= 15 is 0 Å². The molecule has 5 heteroatoms. The lowest BCUT2D eigenvalue weighted by Gasteiger charge is -2.30. The van der Waals surface area contributed by atoms with E-state index in [0.717, 1.165) is 25.0 Å². The molecule has 1 saturated carbocycles. The summed E-state index contributed by atoms with van der Waals surface area (Å²) in [6.07, 6.45) is -0.930. The molecule has 0 radical (unpaired) electrons. The summed E-state index contributed by atoms with van der Waals surface area (Å²) in [5, 5.41) is 0. The smallest absolute Gasteiger partial charge is 0.416 e. The Labute approximate surface area is 134 Å². The van der Waals surface area contributed by atoms with Crippen molar-refractivity contribution in [3.63, 3.8) is 0 Å². The van der Waals surface area contributed by atoms with Crippen LogP contribution in [-0.4, -0.2) is 11.6 Å². The van der Waals surface area contributed by atoms with E-state index in [-0.39, 0.29) is 0 Å². The molecule has 0 amide bonds. The molecule has 2 rings (SSSR count). The lowest BCUT2D eigenvalue weighted by molar-refractivity contribution is -0.154. The molecule has 1 fully saturated rings. The molecule has 0 heterocycles. The number of carbonyl (C=O) groups is 1. The first-order chi connectivity index (χ1) is 10.6. The molecule has 0 atom stereocenters. The van der Waals surface area contributed by atoms with Gasteiger partial charge < -0.3 is 4.74 Å². The number of hydrogen-bond donors (Lipinski definition) is 0. The number of ether oxygens (including phenoxy) is 1. The Balaban J connectivity index is 2.29. The number of alkyl halides is 3. The molecule has 0 spiro atoms. The average Bonchev–Trinajstić information content (AvgIpc) is 2.85. The van der Waals surface area contributed by atoms with Crippen LogP contribution < -0.4 is 0 Å². The third-order valence-electron chi connectivity index (χ3n) is 4.16. The van der Waals surface area contributed by atoms with Crippen molar-refractivity contribution >= 4 is 5.97 Å². The zero-order chi connectivity index (χ0) is 17.3. The monoisotopic (exact) mass is 326 g/mol. The van der Waals surface area contributed by atoms with Crippen molar-refractivity contribution < 1.29 is 22.7 Å². The van der Waals surface area contributed by atoms with Gasteiger partial charge in [0.05, 0.1) is 5.56 Å². The average molecular weight is 326 g/mol. The molecule has 0 bridgehead atoms. The van der Waals surface area contributed by atoms with Crippen LogP contribution in [0.2, 0.25) is 0 Å². The fraction of sp³-hybridized carbons (Fsp3) is 0.500. The number of hydrogen-bond acceptors (Lipinski definition) is 2. The van der Waals surface area contributed by atoms with Crippen LogP contribution in [0.15, 0.2) is 30.4 Å². The highest BCUT2D eigenvalue weighted by Crippen LogP contribution is 2.38. The SMILES string of the molecule is C=C(C)C(=O)OC1(Cc2cc(C)cc(C(F)(F)F)c2)CCCC1. The van der Waals surface area contributed by atoms with Gasteiger partial charge in [0.2, 0.25) is 0 Å². The van der Waals surface area contributed by atoms with E-state index in [2.05, 4.69) is 6.58 Å². The van der Waals surface area contributed by atoms with Crippen LogP contribution in [0.5, 0.6) is 0 Å². The fourth-order valence-corrected chi connectivity index (χ4v) is 3.12. The molecule has 0 saturated heterocycles. The molecule has 0 aromatic heterocycles. The van der Waals surface area contributed by atoms with E-state index in [9.17, 15) is 18.0 Å². The minimum atomic E-state index is -4.38. The van der Waals surface area contributed by atoms with Crippen LogP contribution in [0, 0.1) is 6.92 Å². The summed E-state index contributed by atoms with van der Waals surface area (Å²) in [5.74, 6) is -0.476. The van der Waals surface area contributed by atoms with Crippen molar-refractivity contribution in [3.05, 3.63) is 47.0 Å². The normalized spacial score (nSPS) is 17.1. The quantitative estimate of drug-likeness (QED) is 0.575. The predicted octanol–water partition coefficient (Wildman–Crippen LogP) is 4.99. The first-order valence-electron chi connectivity index (χ1n) is 7.68. The Bertz CT molecular complexity index is 611. The van der Waals surface area contributed by atoms with E-state index in [0.29, 0.717) is 36.0 Å². The van der Waals surface area contributed by atoms with Gasteiger partial charge in [0.1, 0.15) is 5.60 Å². The molecule has 23 heavy (non-hydrogen) atoms. The van der Waals surface area contributed by atoms with E-state index in [4.69, 9.17) is 4.74 Å². The third-order valence-corrected chi connectivity index (χ3v) is 4.16. The first-order valence-corrected chi connectivity index (χ1v) is 7.68. The highest BCUT2D eigenvalue weighted by molar-refractivity contribution is 5.87.